The molecule has 4 heteroatoms. The summed E-state index contributed by atoms with van der Waals surface area (Å²) in [5.74, 6) is 0.538. The van der Waals surface area contributed by atoms with Gasteiger partial charge in [0.1, 0.15) is 5.75 Å². The number of rotatable bonds is 6. The van der Waals surface area contributed by atoms with Gasteiger partial charge in [-0.25, -0.2) is 4.79 Å². The molecule has 19 heavy (non-hydrogen) atoms. The van der Waals surface area contributed by atoms with Crippen LogP contribution in [0.15, 0.2) is 36.5 Å². The molecule has 1 aromatic rings. The normalized spacial score (nSPS) is 12.2. The van der Waals surface area contributed by atoms with Gasteiger partial charge >= 0.3 is 5.97 Å². The fraction of sp³-hybridized carbons (Fsp3) is 0.400. The molecular formula is C15H21NO3. The molecule has 0 saturated heterocycles. The van der Waals surface area contributed by atoms with Gasteiger partial charge in [-0.3, -0.25) is 0 Å². The first-order valence-corrected chi connectivity index (χ1v) is 6.18. The van der Waals surface area contributed by atoms with Gasteiger partial charge in [0.25, 0.3) is 0 Å². The van der Waals surface area contributed by atoms with Gasteiger partial charge in [0, 0.05) is 25.4 Å². The van der Waals surface area contributed by atoms with Crippen molar-refractivity contribution in [1.29, 1.82) is 0 Å². The molecule has 1 atom stereocenters. The van der Waals surface area contributed by atoms with Crippen molar-refractivity contribution in [2.75, 3.05) is 21.3 Å². The molecule has 0 N–H and O–H groups in total. The minimum absolute atomic E-state index is 0.247. The van der Waals surface area contributed by atoms with E-state index in [1.165, 1.54) is 13.2 Å². The number of esters is 1. The van der Waals surface area contributed by atoms with E-state index in [9.17, 15) is 4.79 Å². The van der Waals surface area contributed by atoms with E-state index in [0.717, 1.165) is 17.7 Å². The van der Waals surface area contributed by atoms with E-state index < -0.39 is 0 Å². The van der Waals surface area contributed by atoms with Crippen LogP contribution < -0.4 is 4.74 Å². The first kappa shape index (κ1) is 15.1. The third-order valence-electron chi connectivity index (χ3n) is 3.05. The molecule has 1 rings (SSSR count). The summed E-state index contributed by atoms with van der Waals surface area (Å²) in [6, 6.07) is 8.19. The Bertz CT molecular complexity index is 443. The Morgan fingerprint density at radius 1 is 1.37 bits per heavy atom. The highest BCUT2D eigenvalue weighted by Gasteiger charge is 2.10. The number of likely N-dealkylation sites (N-methyl/N-ethyl adjacent to an activating group) is 1. The van der Waals surface area contributed by atoms with Crippen LogP contribution in [0.5, 0.6) is 5.75 Å². The smallest absolute Gasteiger partial charge is 0.331 e. The van der Waals surface area contributed by atoms with Crippen molar-refractivity contribution in [2.24, 2.45) is 0 Å². The monoisotopic (exact) mass is 263 g/mol. The van der Waals surface area contributed by atoms with Gasteiger partial charge < -0.3 is 14.4 Å². The fourth-order valence-electron chi connectivity index (χ4n) is 1.73. The predicted molar refractivity (Wildman–Crippen MR) is 75.1 cm³/mol. The van der Waals surface area contributed by atoms with Gasteiger partial charge in [-0.1, -0.05) is 18.2 Å². The molecule has 0 aliphatic carbocycles. The number of para-hydroxylation sites is 1. The van der Waals surface area contributed by atoms with E-state index in [-0.39, 0.29) is 12.0 Å². The third kappa shape index (κ3) is 4.66. The Balaban J connectivity index is 2.65. The standard InChI is InChI=1S/C15H21NO3/c1-12(16(2)10-9-15(17)19-4)11-13-7-5-6-8-14(13)18-3/h5-10,12H,11H2,1-4H3. The largest absolute Gasteiger partial charge is 0.496 e. The lowest BCUT2D eigenvalue weighted by molar-refractivity contribution is -0.134. The Morgan fingerprint density at radius 2 is 2.05 bits per heavy atom. The molecule has 0 bridgehead atoms. The molecule has 0 spiro atoms. The second kappa shape index (κ2) is 7.46. The second-order valence-electron chi connectivity index (χ2n) is 4.37. The van der Waals surface area contributed by atoms with Gasteiger partial charge in [-0.2, -0.15) is 0 Å². The van der Waals surface area contributed by atoms with E-state index in [0.29, 0.717) is 0 Å². The lowest BCUT2D eigenvalue weighted by atomic mass is 10.1. The second-order valence-corrected chi connectivity index (χ2v) is 4.37. The molecule has 0 heterocycles. The molecule has 0 fully saturated rings. The van der Waals surface area contributed by atoms with Crippen molar-refractivity contribution in [3.05, 3.63) is 42.1 Å². The molecule has 0 aliphatic heterocycles. The zero-order chi connectivity index (χ0) is 14.3. The topological polar surface area (TPSA) is 38.8 Å². The van der Waals surface area contributed by atoms with Crippen molar-refractivity contribution < 1.29 is 14.3 Å². The predicted octanol–water partition coefficient (Wildman–Crippen LogP) is 2.24. The molecule has 1 unspecified atom stereocenters. The van der Waals surface area contributed by atoms with Crippen LogP contribution in [0.1, 0.15) is 12.5 Å². The van der Waals surface area contributed by atoms with E-state index in [1.807, 2.05) is 36.2 Å². The summed E-state index contributed by atoms with van der Waals surface area (Å²) in [6.45, 7) is 2.09. The van der Waals surface area contributed by atoms with Crippen LogP contribution in [0.4, 0.5) is 0 Å². The fourth-order valence-corrected chi connectivity index (χ4v) is 1.73. The number of hydrogen-bond donors (Lipinski definition) is 0. The number of ether oxygens (including phenoxy) is 2. The summed E-state index contributed by atoms with van der Waals surface area (Å²) in [5.41, 5.74) is 1.15. The van der Waals surface area contributed by atoms with Crippen molar-refractivity contribution in [3.63, 3.8) is 0 Å². The van der Waals surface area contributed by atoms with E-state index >= 15 is 0 Å². The number of benzene rings is 1. The quantitative estimate of drug-likeness (QED) is 0.583. The summed E-state index contributed by atoms with van der Waals surface area (Å²) in [6.07, 6.45) is 3.98. The summed E-state index contributed by atoms with van der Waals surface area (Å²) in [4.78, 5) is 13.0. The van der Waals surface area contributed by atoms with Crippen molar-refractivity contribution in [3.8, 4) is 5.75 Å². The van der Waals surface area contributed by atoms with Gasteiger partial charge in [0.05, 0.1) is 14.2 Å². The zero-order valence-corrected chi connectivity index (χ0v) is 11.9. The molecule has 0 aromatic heterocycles. The molecule has 1 aromatic carbocycles. The van der Waals surface area contributed by atoms with Crippen LogP contribution in [0, 0.1) is 0 Å². The lowest BCUT2D eigenvalue weighted by Gasteiger charge is -2.23. The molecule has 0 aliphatic rings. The molecule has 0 saturated carbocycles. The summed E-state index contributed by atoms with van der Waals surface area (Å²) >= 11 is 0. The van der Waals surface area contributed by atoms with Crippen LogP contribution in [0.25, 0.3) is 0 Å². The van der Waals surface area contributed by atoms with Gasteiger partial charge in [0.15, 0.2) is 0 Å². The van der Waals surface area contributed by atoms with Gasteiger partial charge in [0.2, 0.25) is 0 Å². The minimum atomic E-state index is -0.351. The number of nitrogens with zero attached hydrogens (tertiary/aromatic N) is 1. The maximum absolute atomic E-state index is 11.0. The Labute approximate surface area is 114 Å². The van der Waals surface area contributed by atoms with E-state index in [4.69, 9.17) is 4.74 Å². The maximum atomic E-state index is 11.0. The zero-order valence-electron chi connectivity index (χ0n) is 11.9. The summed E-state index contributed by atoms with van der Waals surface area (Å²) < 4.78 is 9.89. The Hall–Kier alpha value is -1.97. The van der Waals surface area contributed by atoms with Crippen molar-refractivity contribution >= 4 is 5.97 Å². The molecular weight excluding hydrogens is 242 g/mol. The van der Waals surface area contributed by atoms with Crippen LogP contribution in [0.2, 0.25) is 0 Å². The number of carbonyl (C=O) groups is 1. The van der Waals surface area contributed by atoms with Crippen LogP contribution in [-0.2, 0) is 16.0 Å². The highest BCUT2D eigenvalue weighted by atomic mass is 16.5. The summed E-state index contributed by atoms with van der Waals surface area (Å²) in [7, 11) is 4.97. The molecule has 0 radical (unpaired) electrons. The Kier molecular flexibility index (Phi) is 5.93. The van der Waals surface area contributed by atoms with Gasteiger partial charge in [-0.15, -0.1) is 0 Å². The first-order chi connectivity index (χ1) is 9.08. The third-order valence-corrected chi connectivity index (χ3v) is 3.05. The lowest BCUT2D eigenvalue weighted by Crippen LogP contribution is -2.26. The average Bonchev–Trinajstić information content (AvgIpc) is 2.44. The summed E-state index contributed by atoms with van der Waals surface area (Å²) in [5, 5.41) is 0. The van der Waals surface area contributed by atoms with Crippen molar-refractivity contribution in [2.45, 2.75) is 19.4 Å². The SMILES string of the molecule is COC(=O)C=CN(C)C(C)Cc1ccccc1OC. The maximum Gasteiger partial charge on any atom is 0.331 e. The Morgan fingerprint density at radius 3 is 2.68 bits per heavy atom. The van der Waals surface area contributed by atoms with E-state index in [2.05, 4.69) is 11.7 Å². The number of methoxy groups -OCH3 is 2. The average molecular weight is 263 g/mol. The molecule has 104 valence electrons. The highest BCUT2D eigenvalue weighted by molar-refractivity contribution is 5.81. The number of hydrogen-bond acceptors (Lipinski definition) is 4. The molecule has 0 amide bonds. The van der Waals surface area contributed by atoms with Crippen LogP contribution >= 0.6 is 0 Å². The first-order valence-electron chi connectivity index (χ1n) is 6.18. The van der Waals surface area contributed by atoms with Crippen LogP contribution in [-0.4, -0.2) is 38.2 Å². The van der Waals surface area contributed by atoms with Gasteiger partial charge in [-0.05, 0) is 25.0 Å². The molecule has 4 nitrogen and oxygen atoms in total. The van der Waals surface area contributed by atoms with E-state index in [1.54, 1.807) is 13.3 Å². The number of carbonyl (C=O) groups excluding carboxylic acids is 1. The highest BCUT2D eigenvalue weighted by Crippen LogP contribution is 2.20. The van der Waals surface area contributed by atoms with Crippen molar-refractivity contribution in [1.82, 2.24) is 4.90 Å². The van der Waals surface area contributed by atoms with Crippen LogP contribution in [0.3, 0.4) is 0 Å². The minimum Gasteiger partial charge on any atom is -0.496 e.